The zero-order valence-electron chi connectivity index (χ0n) is 11.0. The highest BCUT2D eigenvalue weighted by molar-refractivity contribution is 5.87. The minimum Gasteiger partial charge on any atom is -0.478 e. The number of rotatable bonds is 6. The maximum Gasteiger partial charge on any atom is 0.389 e. The van der Waals surface area contributed by atoms with Gasteiger partial charge in [0.2, 0.25) is 0 Å². The molecule has 116 valence electrons. The first-order valence-electron chi connectivity index (χ1n) is 6.18. The number of nitrogens with one attached hydrogen (secondary N) is 2. The van der Waals surface area contributed by atoms with Crippen LogP contribution in [0.5, 0.6) is 0 Å². The summed E-state index contributed by atoms with van der Waals surface area (Å²) in [5.41, 5.74) is 0.820. The van der Waals surface area contributed by atoms with E-state index in [1.54, 1.807) is 12.1 Å². The fraction of sp³-hybridized carbons (Fsp3) is 0.385. The van der Waals surface area contributed by atoms with E-state index in [0.29, 0.717) is 5.56 Å². The molecule has 0 saturated heterocycles. The van der Waals surface area contributed by atoms with Crippen molar-refractivity contribution in [1.82, 2.24) is 10.6 Å². The first-order chi connectivity index (χ1) is 9.78. The summed E-state index contributed by atoms with van der Waals surface area (Å²) in [6.45, 7) is 0.0916. The number of alkyl halides is 3. The molecule has 0 aliphatic heterocycles. The lowest BCUT2D eigenvalue weighted by Gasteiger charge is -2.09. The van der Waals surface area contributed by atoms with Crippen molar-refractivity contribution in [2.45, 2.75) is 25.6 Å². The molecule has 8 heteroatoms. The molecule has 0 aliphatic carbocycles. The van der Waals surface area contributed by atoms with Crippen LogP contribution >= 0.6 is 0 Å². The Morgan fingerprint density at radius 3 is 2.24 bits per heavy atom. The second-order valence-electron chi connectivity index (χ2n) is 4.33. The Morgan fingerprint density at radius 2 is 1.71 bits per heavy atom. The minimum atomic E-state index is -4.22. The lowest BCUT2D eigenvalue weighted by Crippen LogP contribution is -2.35. The predicted octanol–water partition coefficient (Wildman–Crippen LogP) is 2.53. The maximum absolute atomic E-state index is 11.9. The third-order valence-corrected chi connectivity index (χ3v) is 2.58. The van der Waals surface area contributed by atoms with Crippen LogP contribution in [0.3, 0.4) is 0 Å². The van der Waals surface area contributed by atoms with Crippen molar-refractivity contribution >= 4 is 12.0 Å². The van der Waals surface area contributed by atoms with Gasteiger partial charge in [-0.3, -0.25) is 0 Å². The predicted molar refractivity (Wildman–Crippen MR) is 68.9 cm³/mol. The van der Waals surface area contributed by atoms with E-state index in [4.69, 9.17) is 5.11 Å². The molecular weight excluding hydrogens is 289 g/mol. The quantitative estimate of drug-likeness (QED) is 0.707. The van der Waals surface area contributed by atoms with Crippen molar-refractivity contribution in [2.75, 3.05) is 6.54 Å². The van der Waals surface area contributed by atoms with E-state index < -0.39 is 24.6 Å². The summed E-state index contributed by atoms with van der Waals surface area (Å²) in [6.07, 6.45) is -5.34. The van der Waals surface area contributed by atoms with Gasteiger partial charge in [-0.15, -0.1) is 0 Å². The number of carbonyl (C=O) groups is 2. The molecule has 5 nitrogen and oxygen atoms in total. The number of hydrogen-bond acceptors (Lipinski definition) is 2. The first kappa shape index (κ1) is 16.8. The van der Waals surface area contributed by atoms with E-state index in [2.05, 4.69) is 10.6 Å². The molecule has 2 amide bonds. The maximum atomic E-state index is 11.9. The molecule has 0 saturated carbocycles. The average Bonchev–Trinajstić information content (AvgIpc) is 2.41. The molecule has 21 heavy (non-hydrogen) atoms. The van der Waals surface area contributed by atoms with Crippen molar-refractivity contribution in [2.24, 2.45) is 0 Å². The summed E-state index contributed by atoms with van der Waals surface area (Å²) in [7, 11) is 0. The first-order valence-corrected chi connectivity index (χ1v) is 6.18. The third kappa shape index (κ3) is 7.19. The van der Waals surface area contributed by atoms with Gasteiger partial charge in [0.1, 0.15) is 0 Å². The Hall–Kier alpha value is -2.25. The van der Waals surface area contributed by atoms with Gasteiger partial charge >= 0.3 is 18.2 Å². The number of halogens is 3. The van der Waals surface area contributed by atoms with Crippen LogP contribution in [0.15, 0.2) is 24.3 Å². The minimum absolute atomic E-state index is 0.0662. The largest absolute Gasteiger partial charge is 0.478 e. The molecule has 0 radical (unpaired) electrons. The molecule has 0 atom stereocenters. The Kier molecular flexibility index (Phi) is 6.01. The monoisotopic (exact) mass is 304 g/mol. The second kappa shape index (κ2) is 7.51. The molecule has 1 rings (SSSR count). The number of benzene rings is 1. The molecule has 0 heterocycles. The normalized spacial score (nSPS) is 11.0. The number of amides is 2. The SMILES string of the molecule is O=C(NCCCC(F)(F)F)NCc1ccc(C(=O)O)cc1. The van der Waals surface area contributed by atoms with Crippen LogP contribution in [-0.2, 0) is 6.54 Å². The van der Waals surface area contributed by atoms with E-state index in [-0.39, 0.29) is 25.1 Å². The molecule has 0 spiro atoms. The van der Waals surface area contributed by atoms with E-state index in [9.17, 15) is 22.8 Å². The molecule has 1 aromatic rings. The standard InChI is InChI=1S/C13H15F3N2O3/c14-13(15,16)6-1-7-17-12(21)18-8-9-2-4-10(5-3-9)11(19)20/h2-5H,1,6-8H2,(H,19,20)(H2,17,18,21). The van der Waals surface area contributed by atoms with Gasteiger partial charge in [-0.1, -0.05) is 12.1 Å². The fourth-order valence-electron chi connectivity index (χ4n) is 1.50. The van der Waals surface area contributed by atoms with E-state index in [1.165, 1.54) is 12.1 Å². The zero-order valence-corrected chi connectivity index (χ0v) is 11.0. The summed E-state index contributed by atoms with van der Waals surface area (Å²) in [4.78, 5) is 22.0. The highest BCUT2D eigenvalue weighted by Gasteiger charge is 2.25. The van der Waals surface area contributed by atoms with Crippen molar-refractivity contribution in [1.29, 1.82) is 0 Å². The second-order valence-corrected chi connectivity index (χ2v) is 4.33. The molecule has 0 aromatic heterocycles. The van der Waals surface area contributed by atoms with Crippen LogP contribution in [0.1, 0.15) is 28.8 Å². The van der Waals surface area contributed by atoms with Gasteiger partial charge < -0.3 is 15.7 Å². The molecule has 1 aromatic carbocycles. The smallest absolute Gasteiger partial charge is 0.389 e. The number of carboxylic acids is 1. The molecule has 3 N–H and O–H groups in total. The molecule has 0 bridgehead atoms. The lowest BCUT2D eigenvalue weighted by atomic mass is 10.1. The van der Waals surface area contributed by atoms with E-state index >= 15 is 0 Å². The van der Waals surface area contributed by atoms with Gasteiger partial charge in [0.05, 0.1) is 5.56 Å². The van der Waals surface area contributed by atoms with Crippen LogP contribution < -0.4 is 10.6 Å². The summed E-state index contributed by atoms with van der Waals surface area (Å²) < 4.78 is 35.6. The molecule has 0 aliphatic rings. The van der Waals surface area contributed by atoms with Crippen LogP contribution in [0, 0.1) is 0 Å². The Labute approximate surface area is 119 Å². The Bertz CT molecular complexity index is 486. The molecule has 0 fully saturated rings. The number of urea groups is 1. The van der Waals surface area contributed by atoms with Gasteiger partial charge in [0.25, 0.3) is 0 Å². The third-order valence-electron chi connectivity index (χ3n) is 2.58. The van der Waals surface area contributed by atoms with Gasteiger partial charge in [-0.05, 0) is 24.1 Å². The molecule has 0 unspecified atom stereocenters. The summed E-state index contributed by atoms with van der Waals surface area (Å²) in [5, 5.41) is 13.5. The number of hydrogen-bond donors (Lipinski definition) is 3. The Balaban J connectivity index is 2.25. The van der Waals surface area contributed by atoms with Crippen molar-refractivity contribution in [3.63, 3.8) is 0 Å². The lowest BCUT2D eigenvalue weighted by molar-refractivity contribution is -0.135. The highest BCUT2D eigenvalue weighted by Crippen LogP contribution is 2.20. The van der Waals surface area contributed by atoms with Crippen molar-refractivity contribution in [3.8, 4) is 0 Å². The number of carboxylic acid groups (broad SMARTS) is 1. The van der Waals surface area contributed by atoms with Crippen LogP contribution in [0.2, 0.25) is 0 Å². The van der Waals surface area contributed by atoms with Gasteiger partial charge in [0, 0.05) is 19.5 Å². The van der Waals surface area contributed by atoms with Crippen LogP contribution in [0.4, 0.5) is 18.0 Å². The summed E-state index contributed by atoms with van der Waals surface area (Å²) in [5.74, 6) is -1.04. The van der Waals surface area contributed by atoms with Gasteiger partial charge in [-0.2, -0.15) is 13.2 Å². The van der Waals surface area contributed by atoms with Gasteiger partial charge in [0.15, 0.2) is 0 Å². The van der Waals surface area contributed by atoms with Gasteiger partial charge in [-0.25, -0.2) is 9.59 Å². The molecular formula is C13H15F3N2O3. The topological polar surface area (TPSA) is 78.4 Å². The van der Waals surface area contributed by atoms with Crippen molar-refractivity contribution in [3.05, 3.63) is 35.4 Å². The van der Waals surface area contributed by atoms with E-state index in [1.807, 2.05) is 0 Å². The van der Waals surface area contributed by atoms with Crippen LogP contribution in [-0.4, -0.2) is 29.8 Å². The number of aromatic carboxylic acids is 1. The summed E-state index contributed by atoms with van der Waals surface area (Å²) >= 11 is 0. The zero-order chi connectivity index (χ0) is 15.9. The fourth-order valence-corrected chi connectivity index (χ4v) is 1.50. The highest BCUT2D eigenvalue weighted by atomic mass is 19.4. The number of carbonyl (C=O) groups excluding carboxylic acids is 1. The summed E-state index contributed by atoms with van der Waals surface area (Å²) in [6, 6.07) is 5.33. The van der Waals surface area contributed by atoms with Crippen LogP contribution in [0.25, 0.3) is 0 Å². The van der Waals surface area contributed by atoms with Crippen molar-refractivity contribution < 1.29 is 27.9 Å². The van der Waals surface area contributed by atoms with E-state index in [0.717, 1.165) is 0 Å². The average molecular weight is 304 g/mol. The Morgan fingerprint density at radius 1 is 1.10 bits per heavy atom.